The molecule has 0 atom stereocenters. The van der Waals surface area contributed by atoms with Crippen LogP contribution in [0.2, 0.25) is 0 Å². The Balaban J connectivity index is 1.87. The molecule has 3 rings (SSSR count). The minimum Gasteiger partial charge on any atom is -0.494 e. The third-order valence-corrected chi connectivity index (χ3v) is 3.22. The van der Waals surface area contributed by atoms with Gasteiger partial charge in [0.25, 0.3) is 0 Å². The van der Waals surface area contributed by atoms with Crippen molar-refractivity contribution in [3.05, 3.63) is 42.6 Å². The van der Waals surface area contributed by atoms with E-state index in [-0.39, 0.29) is 0 Å². The number of hydrogen-bond donors (Lipinski definition) is 1. The van der Waals surface area contributed by atoms with Gasteiger partial charge in [-0.2, -0.15) is 0 Å². The van der Waals surface area contributed by atoms with Crippen LogP contribution < -0.4 is 10.1 Å². The van der Waals surface area contributed by atoms with E-state index in [9.17, 15) is 4.79 Å². The predicted molar refractivity (Wildman–Crippen MR) is 89.6 cm³/mol. The molecule has 2 aromatic heterocycles. The Morgan fingerprint density at radius 3 is 2.88 bits per heavy atom. The van der Waals surface area contributed by atoms with E-state index in [4.69, 9.17) is 9.47 Å². The van der Waals surface area contributed by atoms with Crippen molar-refractivity contribution >= 4 is 11.8 Å². The summed E-state index contributed by atoms with van der Waals surface area (Å²) in [5.41, 5.74) is 1.73. The van der Waals surface area contributed by atoms with Crippen molar-refractivity contribution in [2.75, 3.05) is 19.0 Å². The van der Waals surface area contributed by atoms with E-state index in [1.54, 1.807) is 37.4 Å². The Morgan fingerprint density at radius 1 is 1.28 bits per heavy atom. The molecule has 9 nitrogen and oxygen atoms in total. The highest BCUT2D eigenvalue weighted by molar-refractivity contribution is 5.85. The minimum absolute atomic E-state index is 0.292. The molecule has 0 saturated carbocycles. The number of pyridine rings is 1. The molecule has 0 aliphatic carbocycles. The van der Waals surface area contributed by atoms with E-state index >= 15 is 0 Å². The number of rotatable bonds is 5. The van der Waals surface area contributed by atoms with Gasteiger partial charge in [-0.05, 0) is 36.4 Å². The molecule has 0 aliphatic heterocycles. The van der Waals surface area contributed by atoms with Crippen LogP contribution in [0.5, 0.6) is 5.75 Å². The summed E-state index contributed by atoms with van der Waals surface area (Å²) >= 11 is 0. The second-order valence-corrected chi connectivity index (χ2v) is 4.85. The van der Waals surface area contributed by atoms with Crippen molar-refractivity contribution in [1.82, 2.24) is 25.2 Å². The van der Waals surface area contributed by atoms with Crippen LogP contribution in [0, 0.1) is 0 Å². The van der Waals surface area contributed by atoms with Crippen LogP contribution in [0.4, 0.5) is 10.5 Å². The first-order chi connectivity index (χ1) is 12.2. The molecule has 1 N–H and O–H groups in total. The van der Waals surface area contributed by atoms with Gasteiger partial charge in [-0.25, -0.2) is 4.79 Å². The van der Waals surface area contributed by atoms with Gasteiger partial charge in [0.05, 0.1) is 13.7 Å². The first kappa shape index (κ1) is 16.4. The SMILES string of the molecule is CCOC(=O)Nc1ccc(-n2nnc(-c3ccccn3)n2)c(OC)c1. The molecular weight excluding hydrogens is 324 g/mol. The Bertz CT molecular complexity index is 865. The number of ether oxygens (including phenoxy) is 2. The average Bonchev–Trinajstić information content (AvgIpc) is 3.12. The fraction of sp³-hybridized carbons (Fsp3) is 0.188. The second kappa shape index (κ2) is 7.39. The normalized spacial score (nSPS) is 10.3. The summed E-state index contributed by atoms with van der Waals surface area (Å²) in [7, 11) is 1.52. The first-order valence-corrected chi connectivity index (χ1v) is 7.55. The lowest BCUT2D eigenvalue weighted by molar-refractivity contribution is 0.168. The van der Waals surface area contributed by atoms with Gasteiger partial charge >= 0.3 is 6.09 Å². The van der Waals surface area contributed by atoms with Gasteiger partial charge in [-0.1, -0.05) is 6.07 Å². The Hall–Kier alpha value is -3.49. The summed E-state index contributed by atoms with van der Waals surface area (Å²) in [4.78, 5) is 17.0. The topological polar surface area (TPSA) is 104 Å². The lowest BCUT2D eigenvalue weighted by Crippen LogP contribution is -2.13. The number of carbonyl (C=O) groups excluding carboxylic acids is 1. The van der Waals surface area contributed by atoms with E-state index in [0.717, 1.165) is 0 Å². The van der Waals surface area contributed by atoms with Crippen molar-refractivity contribution in [2.24, 2.45) is 0 Å². The Kier molecular flexibility index (Phi) is 4.84. The number of anilines is 1. The largest absolute Gasteiger partial charge is 0.494 e. The Labute approximate surface area is 143 Å². The zero-order valence-corrected chi connectivity index (χ0v) is 13.7. The lowest BCUT2D eigenvalue weighted by atomic mass is 10.2. The van der Waals surface area contributed by atoms with Gasteiger partial charge in [0.1, 0.15) is 17.1 Å². The molecule has 0 bridgehead atoms. The van der Waals surface area contributed by atoms with Crippen LogP contribution in [0.3, 0.4) is 0 Å². The molecule has 0 spiro atoms. The number of nitrogens with zero attached hydrogens (tertiary/aromatic N) is 5. The molecule has 1 amide bonds. The molecule has 3 aromatic rings. The molecule has 0 radical (unpaired) electrons. The van der Waals surface area contributed by atoms with Gasteiger partial charge < -0.3 is 9.47 Å². The highest BCUT2D eigenvalue weighted by atomic mass is 16.5. The maximum absolute atomic E-state index is 11.5. The van der Waals surface area contributed by atoms with E-state index < -0.39 is 6.09 Å². The summed E-state index contributed by atoms with van der Waals surface area (Å²) in [6, 6.07) is 10.5. The molecule has 0 unspecified atom stereocenters. The predicted octanol–water partition coefficient (Wildman–Crippen LogP) is 2.30. The van der Waals surface area contributed by atoms with Crippen molar-refractivity contribution in [3.63, 3.8) is 0 Å². The number of nitrogens with one attached hydrogen (secondary N) is 1. The number of carbonyl (C=O) groups is 1. The van der Waals surface area contributed by atoms with Gasteiger partial charge in [0, 0.05) is 18.0 Å². The minimum atomic E-state index is -0.534. The van der Waals surface area contributed by atoms with Gasteiger partial charge in [-0.15, -0.1) is 15.0 Å². The fourth-order valence-corrected chi connectivity index (χ4v) is 2.12. The number of amides is 1. The third kappa shape index (κ3) is 3.71. The molecule has 2 heterocycles. The molecule has 0 aliphatic rings. The van der Waals surface area contributed by atoms with Crippen molar-refractivity contribution in [2.45, 2.75) is 6.92 Å². The van der Waals surface area contributed by atoms with Gasteiger partial charge in [0.2, 0.25) is 5.82 Å². The quantitative estimate of drug-likeness (QED) is 0.760. The monoisotopic (exact) mass is 340 g/mol. The number of benzene rings is 1. The molecular formula is C16H16N6O3. The maximum Gasteiger partial charge on any atom is 0.411 e. The summed E-state index contributed by atoms with van der Waals surface area (Å²) < 4.78 is 10.2. The third-order valence-electron chi connectivity index (χ3n) is 3.22. The van der Waals surface area contributed by atoms with Crippen LogP contribution in [-0.4, -0.2) is 45.0 Å². The first-order valence-electron chi connectivity index (χ1n) is 7.55. The van der Waals surface area contributed by atoms with E-state index in [0.29, 0.717) is 35.2 Å². The highest BCUT2D eigenvalue weighted by Crippen LogP contribution is 2.26. The van der Waals surface area contributed by atoms with E-state index in [1.165, 1.54) is 11.9 Å². The number of tetrazole rings is 1. The average molecular weight is 340 g/mol. The van der Waals surface area contributed by atoms with Crippen LogP contribution in [0.1, 0.15) is 6.92 Å². The zero-order valence-electron chi connectivity index (χ0n) is 13.7. The molecule has 0 saturated heterocycles. The van der Waals surface area contributed by atoms with Crippen LogP contribution in [-0.2, 0) is 4.74 Å². The summed E-state index contributed by atoms with van der Waals surface area (Å²) in [6.45, 7) is 2.03. The highest BCUT2D eigenvalue weighted by Gasteiger charge is 2.13. The molecule has 0 fully saturated rings. The second-order valence-electron chi connectivity index (χ2n) is 4.85. The summed E-state index contributed by atoms with van der Waals surface area (Å²) in [5.74, 6) is 0.871. The molecule has 128 valence electrons. The van der Waals surface area contributed by atoms with Gasteiger partial charge in [-0.3, -0.25) is 10.3 Å². The summed E-state index contributed by atoms with van der Waals surface area (Å²) in [5, 5.41) is 15.0. The van der Waals surface area contributed by atoms with Gasteiger partial charge in [0.15, 0.2) is 0 Å². The Morgan fingerprint density at radius 2 is 2.16 bits per heavy atom. The smallest absolute Gasteiger partial charge is 0.411 e. The number of aromatic nitrogens is 5. The molecule has 1 aromatic carbocycles. The van der Waals surface area contributed by atoms with Crippen LogP contribution in [0.25, 0.3) is 17.2 Å². The molecule has 25 heavy (non-hydrogen) atoms. The van der Waals surface area contributed by atoms with Crippen LogP contribution in [0.15, 0.2) is 42.6 Å². The van der Waals surface area contributed by atoms with E-state index in [1.807, 2.05) is 12.1 Å². The zero-order chi connectivity index (χ0) is 17.6. The summed E-state index contributed by atoms with van der Waals surface area (Å²) in [6.07, 6.45) is 1.13. The lowest BCUT2D eigenvalue weighted by Gasteiger charge is -2.10. The number of methoxy groups -OCH3 is 1. The van der Waals surface area contributed by atoms with E-state index in [2.05, 4.69) is 25.7 Å². The fourth-order valence-electron chi connectivity index (χ4n) is 2.12. The van der Waals surface area contributed by atoms with Crippen LogP contribution >= 0.6 is 0 Å². The maximum atomic E-state index is 11.5. The number of hydrogen-bond acceptors (Lipinski definition) is 7. The van der Waals surface area contributed by atoms with Crippen molar-refractivity contribution < 1.29 is 14.3 Å². The van der Waals surface area contributed by atoms with Crippen molar-refractivity contribution in [3.8, 4) is 23.0 Å². The standard InChI is InChI=1S/C16H16N6O3/c1-3-25-16(23)18-11-7-8-13(14(10-11)24-2)22-20-15(19-21-22)12-6-4-5-9-17-12/h4-10H,3H2,1-2H3,(H,18,23). The molecule has 9 heteroatoms. The van der Waals surface area contributed by atoms with Crippen molar-refractivity contribution in [1.29, 1.82) is 0 Å².